The van der Waals surface area contributed by atoms with Gasteiger partial charge in [-0.25, -0.2) is 8.42 Å². The van der Waals surface area contributed by atoms with Crippen LogP contribution < -0.4 is 11.1 Å². The van der Waals surface area contributed by atoms with Gasteiger partial charge in [0.2, 0.25) is 0 Å². The number of aryl methyl sites for hydroxylation is 2. The summed E-state index contributed by atoms with van der Waals surface area (Å²) in [7, 11) is -2.81. The average Bonchev–Trinajstić information content (AvgIpc) is 2.36. The third kappa shape index (κ3) is 5.04. The van der Waals surface area contributed by atoms with E-state index in [4.69, 9.17) is 5.73 Å². The van der Waals surface area contributed by atoms with Gasteiger partial charge in [0.25, 0.3) is 0 Å². The van der Waals surface area contributed by atoms with Gasteiger partial charge in [0.15, 0.2) is 5.96 Å². The Morgan fingerprint density at radius 2 is 1.81 bits per heavy atom. The van der Waals surface area contributed by atoms with E-state index < -0.39 is 9.84 Å². The molecule has 116 valence electrons. The van der Waals surface area contributed by atoms with Crippen molar-refractivity contribution in [3.8, 4) is 0 Å². The molecule has 0 aromatic heterocycles. The highest BCUT2D eigenvalue weighted by Gasteiger charge is 2.23. The Kier molecular flexibility index (Phi) is 4.88. The molecule has 1 aromatic rings. The minimum absolute atomic E-state index is 0.275. The standard InChI is InChI=1S/C15H23N3O2S/c1-11-7-12(2)9-14(8-11)18-15(16)17-10-13-3-5-21(19,20)6-4-13/h7-9,13H,3-6,10H2,1-2H3,(H3,16,17,18). The number of sulfone groups is 1. The molecule has 0 aliphatic carbocycles. The van der Waals surface area contributed by atoms with Gasteiger partial charge in [0.05, 0.1) is 11.5 Å². The zero-order valence-electron chi connectivity index (χ0n) is 12.6. The molecule has 1 heterocycles. The van der Waals surface area contributed by atoms with Gasteiger partial charge in [-0.1, -0.05) is 6.07 Å². The van der Waals surface area contributed by atoms with Crippen LogP contribution in [0.25, 0.3) is 0 Å². The molecule has 1 fully saturated rings. The Labute approximate surface area is 126 Å². The molecule has 3 N–H and O–H groups in total. The summed E-state index contributed by atoms with van der Waals surface area (Å²) in [5.74, 6) is 1.25. The molecule has 1 saturated heterocycles. The van der Waals surface area contributed by atoms with E-state index in [0.29, 0.717) is 31.3 Å². The van der Waals surface area contributed by atoms with Crippen LogP contribution in [0.15, 0.2) is 23.2 Å². The van der Waals surface area contributed by atoms with Crippen molar-refractivity contribution in [2.45, 2.75) is 26.7 Å². The van der Waals surface area contributed by atoms with Crippen LogP contribution in [0.5, 0.6) is 0 Å². The molecule has 21 heavy (non-hydrogen) atoms. The summed E-state index contributed by atoms with van der Waals surface area (Å²) in [6.07, 6.45) is 1.37. The van der Waals surface area contributed by atoms with Crippen LogP contribution >= 0.6 is 0 Å². The van der Waals surface area contributed by atoms with Crippen molar-refractivity contribution in [2.24, 2.45) is 16.6 Å². The lowest BCUT2D eigenvalue weighted by molar-refractivity contribution is 0.475. The molecule has 1 aliphatic rings. The number of rotatable bonds is 3. The predicted octanol–water partition coefficient (Wildman–Crippen LogP) is 1.85. The van der Waals surface area contributed by atoms with Gasteiger partial charge >= 0.3 is 0 Å². The SMILES string of the molecule is Cc1cc(C)cc(NC(N)=NCC2CCS(=O)(=O)CC2)c1. The van der Waals surface area contributed by atoms with Gasteiger partial charge in [-0.3, -0.25) is 4.99 Å². The Morgan fingerprint density at radius 3 is 2.38 bits per heavy atom. The number of hydrogen-bond acceptors (Lipinski definition) is 3. The molecule has 1 aromatic carbocycles. The normalized spacial score (nSPS) is 19.4. The predicted molar refractivity (Wildman–Crippen MR) is 87.4 cm³/mol. The lowest BCUT2D eigenvalue weighted by Gasteiger charge is -2.20. The highest BCUT2D eigenvalue weighted by molar-refractivity contribution is 7.91. The Balaban J connectivity index is 1.90. The van der Waals surface area contributed by atoms with Crippen LogP contribution in [-0.2, 0) is 9.84 Å². The van der Waals surface area contributed by atoms with Crippen molar-refractivity contribution in [1.82, 2.24) is 0 Å². The van der Waals surface area contributed by atoms with E-state index in [9.17, 15) is 8.42 Å². The van der Waals surface area contributed by atoms with E-state index in [-0.39, 0.29) is 11.5 Å². The highest BCUT2D eigenvalue weighted by atomic mass is 32.2. The number of nitrogens with zero attached hydrogens (tertiary/aromatic N) is 1. The summed E-state index contributed by atoms with van der Waals surface area (Å²) in [6.45, 7) is 4.65. The van der Waals surface area contributed by atoms with Crippen LogP contribution in [0.3, 0.4) is 0 Å². The van der Waals surface area contributed by atoms with Crippen molar-refractivity contribution in [1.29, 1.82) is 0 Å². The maximum absolute atomic E-state index is 11.4. The summed E-state index contributed by atoms with van der Waals surface area (Å²) in [6, 6.07) is 6.13. The second-order valence-electron chi connectivity index (χ2n) is 5.82. The highest BCUT2D eigenvalue weighted by Crippen LogP contribution is 2.19. The zero-order valence-corrected chi connectivity index (χ0v) is 13.4. The molecule has 6 heteroatoms. The van der Waals surface area contributed by atoms with E-state index in [1.807, 2.05) is 26.0 Å². The fraction of sp³-hybridized carbons (Fsp3) is 0.533. The molecule has 0 spiro atoms. The number of hydrogen-bond donors (Lipinski definition) is 2. The number of nitrogens with one attached hydrogen (secondary N) is 1. The van der Waals surface area contributed by atoms with Crippen molar-refractivity contribution >= 4 is 21.5 Å². The number of nitrogens with two attached hydrogens (primary N) is 1. The van der Waals surface area contributed by atoms with Gasteiger partial charge in [0, 0.05) is 12.2 Å². The van der Waals surface area contributed by atoms with E-state index in [1.165, 1.54) is 11.1 Å². The molecule has 2 rings (SSSR count). The lowest BCUT2D eigenvalue weighted by atomic mass is 10.0. The number of benzene rings is 1. The Bertz CT molecular complexity index is 604. The molecule has 1 aliphatic heterocycles. The molecule has 5 nitrogen and oxygen atoms in total. The quantitative estimate of drug-likeness (QED) is 0.659. The molecule has 0 saturated carbocycles. The first-order valence-corrected chi connectivity index (χ1v) is 9.02. The summed E-state index contributed by atoms with van der Waals surface area (Å²) in [5.41, 5.74) is 9.17. The Hall–Kier alpha value is -1.56. The minimum atomic E-state index is -2.81. The van der Waals surface area contributed by atoms with E-state index in [1.54, 1.807) is 0 Å². The second kappa shape index (κ2) is 6.47. The summed E-state index contributed by atoms with van der Waals surface area (Å²) >= 11 is 0. The molecule has 0 radical (unpaired) electrons. The summed E-state index contributed by atoms with van der Waals surface area (Å²) in [4.78, 5) is 4.34. The number of guanidine groups is 1. The van der Waals surface area contributed by atoms with Crippen molar-refractivity contribution in [2.75, 3.05) is 23.4 Å². The van der Waals surface area contributed by atoms with Crippen molar-refractivity contribution < 1.29 is 8.42 Å². The fourth-order valence-electron chi connectivity index (χ4n) is 2.58. The smallest absolute Gasteiger partial charge is 0.193 e. The van der Waals surface area contributed by atoms with Crippen molar-refractivity contribution in [3.63, 3.8) is 0 Å². The van der Waals surface area contributed by atoms with Crippen LogP contribution in [0.2, 0.25) is 0 Å². The molecule has 0 unspecified atom stereocenters. The number of aliphatic imine (C=N–C) groups is 1. The first kappa shape index (κ1) is 15.8. The van der Waals surface area contributed by atoms with Crippen LogP contribution in [-0.4, -0.2) is 32.4 Å². The Morgan fingerprint density at radius 1 is 1.24 bits per heavy atom. The van der Waals surface area contributed by atoms with Crippen LogP contribution in [0, 0.1) is 19.8 Å². The second-order valence-corrected chi connectivity index (χ2v) is 8.13. The maximum atomic E-state index is 11.4. The monoisotopic (exact) mass is 309 g/mol. The summed E-state index contributed by atoms with van der Waals surface area (Å²) < 4.78 is 22.7. The van der Waals surface area contributed by atoms with Gasteiger partial charge in [-0.2, -0.15) is 0 Å². The van der Waals surface area contributed by atoms with Gasteiger partial charge < -0.3 is 11.1 Å². The van der Waals surface area contributed by atoms with Gasteiger partial charge in [-0.05, 0) is 55.9 Å². The lowest BCUT2D eigenvalue weighted by Crippen LogP contribution is -2.27. The summed E-state index contributed by atoms with van der Waals surface area (Å²) in [5, 5.41) is 3.09. The van der Waals surface area contributed by atoms with Crippen LogP contribution in [0.4, 0.5) is 5.69 Å². The number of anilines is 1. The maximum Gasteiger partial charge on any atom is 0.193 e. The average molecular weight is 309 g/mol. The molecule has 0 atom stereocenters. The third-order valence-corrected chi connectivity index (χ3v) is 5.40. The first-order chi connectivity index (χ1) is 9.84. The molecule has 0 bridgehead atoms. The van der Waals surface area contributed by atoms with E-state index in [0.717, 1.165) is 5.69 Å². The molecular weight excluding hydrogens is 286 g/mol. The van der Waals surface area contributed by atoms with E-state index >= 15 is 0 Å². The largest absolute Gasteiger partial charge is 0.370 e. The zero-order chi connectivity index (χ0) is 15.5. The topological polar surface area (TPSA) is 84.5 Å². The fourth-order valence-corrected chi connectivity index (χ4v) is 4.17. The van der Waals surface area contributed by atoms with Crippen molar-refractivity contribution in [3.05, 3.63) is 29.3 Å². The van der Waals surface area contributed by atoms with E-state index in [2.05, 4.69) is 16.4 Å². The molecule has 0 amide bonds. The van der Waals surface area contributed by atoms with Gasteiger partial charge in [0.1, 0.15) is 9.84 Å². The minimum Gasteiger partial charge on any atom is -0.370 e. The third-order valence-electron chi connectivity index (χ3n) is 3.69. The molecular formula is C15H23N3O2S. The first-order valence-electron chi connectivity index (χ1n) is 7.20. The van der Waals surface area contributed by atoms with Gasteiger partial charge in [-0.15, -0.1) is 0 Å². The van der Waals surface area contributed by atoms with Crippen LogP contribution in [0.1, 0.15) is 24.0 Å².